The average Bonchev–Trinajstić information content (AvgIpc) is 4.13. The van der Waals surface area contributed by atoms with Gasteiger partial charge in [0.2, 0.25) is 17.8 Å². The topological polar surface area (TPSA) is 237 Å². The van der Waals surface area contributed by atoms with Gasteiger partial charge in [-0.15, -0.1) is 11.3 Å². The fourth-order valence-corrected chi connectivity index (χ4v) is 12.7. The summed E-state index contributed by atoms with van der Waals surface area (Å²) >= 11 is 3.08. The third-order valence-corrected chi connectivity index (χ3v) is 17.9. The second-order valence-corrected chi connectivity index (χ2v) is 24.2. The Hall–Kier alpha value is -6.36. The van der Waals surface area contributed by atoms with Crippen LogP contribution in [0.25, 0.3) is 10.4 Å². The van der Waals surface area contributed by atoms with E-state index >= 15 is 0 Å². The van der Waals surface area contributed by atoms with Crippen molar-refractivity contribution in [2.45, 2.75) is 114 Å². The summed E-state index contributed by atoms with van der Waals surface area (Å²) in [7, 11) is 0. The Morgan fingerprint density at radius 1 is 0.883 bits per heavy atom. The predicted molar refractivity (Wildman–Crippen MR) is 296 cm³/mol. The molecule has 3 saturated heterocycles. The number of nitrogens with one attached hydrogen (secondary N) is 3. The molecule has 1 aliphatic carbocycles. The van der Waals surface area contributed by atoms with Crippen LogP contribution in [-0.4, -0.2) is 146 Å². The van der Waals surface area contributed by atoms with Gasteiger partial charge in [0.25, 0.3) is 11.8 Å². The monoisotopic (exact) mass is 1080 g/mol. The van der Waals surface area contributed by atoms with Gasteiger partial charge >= 0.3 is 0 Å². The molecule has 1 spiro atoms. The molecule has 77 heavy (non-hydrogen) atoms. The van der Waals surface area contributed by atoms with Crippen LogP contribution in [0, 0.1) is 23.7 Å². The lowest BCUT2D eigenvalue weighted by Gasteiger charge is -2.45. The number of hydrogen-bond donors (Lipinski definition) is 5. The molecule has 21 heteroatoms. The van der Waals surface area contributed by atoms with Gasteiger partial charge in [-0.1, -0.05) is 62.9 Å². The summed E-state index contributed by atoms with van der Waals surface area (Å²) in [6.07, 6.45) is 10.5. The van der Waals surface area contributed by atoms with Crippen LogP contribution in [0.2, 0.25) is 0 Å². The maximum absolute atomic E-state index is 14.3. The molecule has 0 radical (unpaired) electrons. The fourth-order valence-electron chi connectivity index (χ4n) is 11.1. The zero-order chi connectivity index (χ0) is 54.2. The summed E-state index contributed by atoms with van der Waals surface area (Å²) in [5.74, 6) is -0.260. The quantitative estimate of drug-likeness (QED) is 0.0880. The summed E-state index contributed by atoms with van der Waals surface area (Å²) in [6, 6.07) is 14.6. The zero-order valence-electron chi connectivity index (χ0n) is 44.5. The summed E-state index contributed by atoms with van der Waals surface area (Å²) in [5.41, 5.74) is 11.4. The molecule has 10 rings (SSSR count). The molecule has 2 aromatic carbocycles. The van der Waals surface area contributed by atoms with Crippen molar-refractivity contribution in [3.05, 3.63) is 107 Å². The maximum atomic E-state index is 14.3. The summed E-state index contributed by atoms with van der Waals surface area (Å²) in [6.45, 7) is 16.7. The molecule has 5 aromatic rings. The number of piperidine rings is 1. The number of aliphatic hydroxyl groups excluding tert-OH is 1. The number of rotatable bonds is 14. The van der Waals surface area contributed by atoms with Crippen molar-refractivity contribution in [2.75, 3.05) is 67.5 Å². The van der Waals surface area contributed by atoms with Crippen LogP contribution in [-0.2, 0) is 19.1 Å². The number of carbonyl (C=O) groups is 4. The Morgan fingerprint density at radius 2 is 1.61 bits per heavy atom. The van der Waals surface area contributed by atoms with Crippen LogP contribution in [0.5, 0.6) is 0 Å². The number of hydrogen-bond acceptors (Lipinski definition) is 17. The van der Waals surface area contributed by atoms with E-state index in [1.807, 2.05) is 101 Å². The Labute approximate surface area is 457 Å². The number of amides is 4. The first-order chi connectivity index (χ1) is 36.9. The largest absolute Gasteiger partial charge is 0.387 e. The minimum absolute atomic E-state index is 0.0235. The van der Waals surface area contributed by atoms with Gasteiger partial charge in [-0.25, -0.2) is 24.9 Å². The van der Waals surface area contributed by atoms with Crippen molar-refractivity contribution in [3.8, 4) is 10.4 Å². The Kier molecular flexibility index (Phi) is 15.8. The predicted octanol–water partition coefficient (Wildman–Crippen LogP) is 5.83. The number of ether oxygens (including phenoxy) is 1. The molecular weight excluding hydrogens is 1010 g/mol. The van der Waals surface area contributed by atoms with Gasteiger partial charge in [0, 0.05) is 85.7 Å². The molecule has 406 valence electrons. The number of anilines is 3. The molecule has 5 aliphatic rings. The number of nitrogens with two attached hydrogens (primary N) is 1. The average molecular weight is 1080 g/mol. The first-order valence-electron chi connectivity index (χ1n) is 26.6. The molecule has 6 N–H and O–H groups in total. The first kappa shape index (κ1) is 54.0. The zero-order valence-corrected chi connectivity index (χ0v) is 46.1. The van der Waals surface area contributed by atoms with Gasteiger partial charge < -0.3 is 46.2 Å². The van der Waals surface area contributed by atoms with Crippen LogP contribution in [0.1, 0.15) is 88.0 Å². The minimum Gasteiger partial charge on any atom is -0.387 e. The lowest BCUT2D eigenvalue weighted by atomic mass is 9.73. The number of thiazole rings is 1. The third-order valence-electron chi connectivity index (χ3n) is 16.0. The summed E-state index contributed by atoms with van der Waals surface area (Å²) in [5, 5.41) is 20.5. The molecule has 4 aliphatic heterocycles. The van der Waals surface area contributed by atoms with Crippen LogP contribution < -0.4 is 31.5 Å². The van der Waals surface area contributed by atoms with E-state index in [0.29, 0.717) is 25.1 Å². The van der Waals surface area contributed by atoms with Gasteiger partial charge in [0.05, 0.1) is 65.4 Å². The molecular formula is C56H69N13O6S2. The standard InChI is InChI=1S/C56H69N13O6S2/c1-33(36-10-12-37(13-11-36)47-34(2)62-32-76-47)63-52(73)44-25-42(70)30-69(44)53(74)49(55(4,5)6)65-51(72)39-26-60-54(61-27-39)68-20-18-66(19-21-68)41-22-38(23-41)50(71)64-40-8-7-9-43(24-40)77-46-29-58-45(28-59-46)67-16-14-56(15-17-67)31-75-35(3)48(56)57/h7-13,24-29,32-33,35,38,41-42,48-49,70H,14-23,30-31,57H2,1-6H3,(H,63,73)(H,64,71)(H,65,72)/t33-,35-,38?,41?,42+,48+,49+/m0/s1. The van der Waals surface area contributed by atoms with E-state index in [9.17, 15) is 24.3 Å². The smallest absolute Gasteiger partial charge is 0.268 e. The van der Waals surface area contributed by atoms with Crippen LogP contribution in [0.4, 0.5) is 17.5 Å². The van der Waals surface area contributed by atoms with E-state index in [1.165, 1.54) is 35.1 Å². The number of nitrogens with zero attached hydrogens (tertiary/aromatic N) is 9. The summed E-state index contributed by atoms with van der Waals surface area (Å²) < 4.78 is 5.89. The number of aliphatic hydroxyl groups is 1. The van der Waals surface area contributed by atoms with E-state index in [-0.39, 0.29) is 47.2 Å². The van der Waals surface area contributed by atoms with E-state index in [1.54, 1.807) is 11.3 Å². The molecule has 19 nitrogen and oxygen atoms in total. The molecule has 4 amide bonds. The van der Waals surface area contributed by atoms with Crippen LogP contribution in [0.15, 0.2) is 101 Å². The molecule has 7 heterocycles. The SMILES string of the molecule is Cc1ncsc1-c1ccc([C@H](C)NC(=O)C2=C[C@@H](O)CN2C(=O)[C@@H](NC(=O)c2cnc(N3CCN(C4CC(C(=O)Nc5cccc(Sc6cnc(N7CCC8(CC7)CO[C@@H](C)[C@H]8N)cn6)c5)C4)CC3)nc2)C(C)(C)C)cc1. The van der Waals surface area contributed by atoms with Crippen molar-refractivity contribution < 1.29 is 29.0 Å². The second-order valence-electron chi connectivity index (χ2n) is 22.3. The van der Waals surface area contributed by atoms with Gasteiger partial charge in [-0.3, -0.25) is 24.1 Å². The van der Waals surface area contributed by atoms with Gasteiger partial charge in [0.1, 0.15) is 22.6 Å². The lowest BCUT2D eigenvalue weighted by molar-refractivity contribution is -0.136. The molecule has 1 saturated carbocycles. The van der Waals surface area contributed by atoms with Gasteiger partial charge in [-0.2, -0.15) is 0 Å². The van der Waals surface area contributed by atoms with E-state index in [4.69, 9.17) is 20.4 Å². The van der Waals surface area contributed by atoms with E-state index in [0.717, 1.165) is 102 Å². The molecule has 4 fully saturated rings. The van der Waals surface area contributed by atoms with E-state index < -0.39 is 41.3 Å². The second kappa shape index (κ2) is 22.5. The maximum Gasteiger partial charge on any atom is 0.268 e. The normalized spacial score (nSPS) is 23.2. The van der Waals surface area contributed by atoms with Crippen molar-refractivity contribution in [1.82, 2.24) is 45.4 Å². The third kappa shape index (κ3) is 11.9. The Balaban J connectivity index is 0.660. The van der Waals surface area contributed by atoms with Crippen molar-refractivity contribution >= 4 is 64.2 Å². The van der Waals surface area contributed by atoms with Crippen molar-refractivity contribution in [2.24, 2.45) is 22.5 Å². The molecule has 0 bridgehead atoms. The highest BCUT2D eigenvalue weighted by Crippen LogP contribution is 2.42. The van der Waals surface area contributed by atoms with Crippen LogP contribution >= 0.6 is 23.1 Å². The summed E-state index contributed by atoms with van der Waals surface area (Å²) in [4.78, 5) is 88.1. The highest BCUT2D eigenvalue weighted by atomic mass is 32.2. The first-order valence-corrected chi connectivity index (χ1v) is 28.3. The highest BCUT2D eigenvalue weighted by molar-refractivity contribution is 7.99. The fraction of sp³-hybridized carbons (Fsp3) is 0.482. The van der Waals surface area contributed by atoms with Crippen LogP contribution in [0.3, 0.4) is 0 Å². The number of carbonyl (C=O) groups excluding carboxylic acids is 4. The lowest BCUT2D eigenvalue weighted by Crippen LogP contribution is -2.55. The molecule has 3 aromatic heterocycles. The number of benzene rings is 2. The highest BCUT2D eigenvalue weighted by Gasteiger charge is 2.48. The minimum atomic E-state index is -1.06. The van der Waals surface area contributed by atoms with Crippen molar-refractivity contribution in [3.63, 3.8) is 0 Å². The number of piperazine rings is 1. The van der Waals surface area contributed by atoms with Crippen molar-refractivity contribution in [1.29, 1.82) is 0 Å². The van der Waals surface area contributed by atoms with E-state index in [2.05, 4.69) is 52.5 Å². The van der Waals surface area contributed by atoms with Gasteiger partial charge in [-0.05, 0) is 87.3 Å². The molecule has 0 unspecified atom stereocenters. The Morgan fingerprint density at radius 3 is 2.25 bits per heavy atom. The van der Waals surface area contributed by atoms with Gasteiger partial charge in [0.15, 0.2) is 0 Å². The molecule has 5 atom stereocenters. The number of β-amino-alcohol motifs (C(OH)–C–C–N with tert-alkyl or cyclic N) is 1. The number of aryl methyl sites for hydroxylation is 1. The number of aromatic nitrogens is 5. The Bertz CT molecular complexity index is 2970.